The monoisotopic (exact) mass is 463 g/mol. The normalized spacial score (nSPS) is 29.0. The highest BCUT2D eigenvalue weighted by Crippen LogP contribution is 2.49. The van der Waals surface area contributed by atoms with Gasteiger partial charge in [0, 0.05) is 18.5 Å². The molecule has 0 radical (unpaired) electrons. The Morgan fingerprint density at radius 3 is 2.62 bits per heavy atom. The molecule has 32 heavy (non-hydrogen) atoms. The van der Waals surface area contributed by atoms with Gasteiger partial charge in [0.05, 0.1) is 28.9 Å². The molecule has 2 heterocycles. The van der Waals surface area contributed by atoms with Crippen LogP contribution in [0.1, 0.15) is 51.3 Å². The van der Waals surface area contributed by atoms with Gasteiger partial charge in [-0.05, 0) is 48.3 Å². The molecule has 1 aromatic heterocycles. The van der Waals surface area contributed by atoms with Crippen molar-refractivity contribution in [2.45, 2.75) is 57.2 Å². The van der Waals surface area contributed by atoms with Gasteiger partial charge in [0.1, 0.15) is 5.82 Å². The SMILES string of the molecule is CC(C)C1CC1S(=O)(=O)N1CC(C2CCC2)[C@@H](n2nc(CC(=O)O)c3ccc(F)cc32)C1. The molecule has 2 aromatic rings. The molecule has 7 nitrogen and oxygen atoms in total. The van der Waals surface area contributed by atoms with E-state index >= 15 is 0 Å². The highest BCUT2D eigenvalue weighted by atomic mass is 32.2. The van der Waals surface area contributed by atoms with Crippen molar-refractivity contribution in [3.05, 3.63) is 29.7 Å². The van der Waals surface area contributed by atoms with Crippen LogP contribution in [0.2, 0.25) is 0 Å². The third-order valence-corrected chi connectivity index (χ3v) is 10.1. The standard InChI is InChI=1S/C23H30FN3O4S/c1-13(2)17-9-22(17)32(30,31)26-11-18(14-4-3-5-14)21(12-26)27-20-8-15(24)6-7-16(20)19(25-27)10-23(28)29/h6-8,13-14,17-18,21-22H,3-5,9-12H2,1-2H3,(H,28,29)/t17?,18?,21-,22?/m0/s1. The first-order valence-electron chi connectivity index (χ1n) is 11.5. The average molecular weight is 464 g/mol. The van der Waals surface area contributed by atoms with Crippen LogP contribution in [0.4, 0.5) is 4.39 Å². The Morgan fingerprint density at radius 2 is 2.03 bits per heavy atom. The fourth-order valence-corrected chi connectivity index (χ4v) is 8.05. The van der Waals surface area contributed by atoms with E-state index in [9.17, 15) is 22.7 Å². The van der Waals surface area contributed by atoms with E-state index in [4.69, 9.17) is 0 Å². The first-order valence-corrected chi connectivity index (χ1v) is 13.0. The number of carboxylic acid groups (broad SMARTS) is 1. The van der Waals surface area contributed by atoms with Gasteiger partial charge in [0.25, 0.3) is 0 Å². The molecule has 2 saturated carbocycles. The van der Waals surface area contributed by atoms with E-state index in [0.717, 1.165) is 19.3 Å². The van der Waals surface area contributed by atoms with Crippen molar-refractivity contribution < 1.29 is 22.7 Å². The van der Waals surface area contributed by atoms with Gasteiger partial charge in [-0.2, -0.15) is 9.40 Å². The molecule has 5 rings (SSSR count). The molecule has 1 saturated heterocycles. The highest BCUT2D eigenvalue weighted by Gasteiger charge is 2.54. The second-order valence-corrected chi connectivity index (χ2v) is 12.2. The Morgan fingerprint density at radius 1 is 1.28 bits per heavy atom. The van der Waals surface area contributed by atoms with Gasteiger partial charge in [0.15, 0.2) is 0 Å². The van der Waals surface area contributed by atoms with Gasteiger partial charge in [-0.15, -0.1) is 0 Å². The van der Waals surface area contributed by atoms with Crippen LogP contribution in [0, 0.1) is 29.5 Å². The summed E-state index contributed by atoms with van der Waals surface area (Å²) in [7, 11) is -3.40. The molecule has 3 fully saturated rings. The maximum absolute atomic E-state index is 14.1. The lowest BCUT2D eigenvalue weighted by Crippen LogP contribution is -2.34. The van der Waals surface area contributed by atoms with Crippen molar-refractivity contribution in [1.29, 1.82) is 0 Å². The Balaban J connectivity index is 1.52. The molecule has 0 spiro atoms. The summed E-state index contributed by atoms with van der Waals surface area (Å²) in [6.45, 7) is 4.91. The summed E-state index contributed by atoms with van der Waals surface area (Å²) in [5.41, 5.74) is 0.935. The first-order chi connectivity index (χ1) is 15.2. The van der Waals surface area contributed by atoms with E-state index < -0.39 is 21.8 Å². The van der Waals surface area contributed by atoms with Crippen molar-refractivity contribution in [3.63, 3.8) is 0 Å². The summed E-state index contributed by atoms with van der Waals surface area (Å²) in [4.78, 5) is 11.4. The number of carbonyl (C=O) groups is 1. The number of rotatable bonds is 7. The third kappa shape index (κ3) is 3.63. The Bertz CT molecular complexity index is 1160. The number of aromatic nitrogens is 2. The molecule has 9 heteroatoms. The van der Waals surface area contributed by atoms with Gasteiger partial charge < -0.3 is 5.11 Å². The summed E-state index contributed by atoms with van der Waals surface area (Å²) < 4.78 is 44.3. The Hall–Kier alpha value is -2.00. The van der Waals surface area contributed by atoms with Crippen LogP contribution in [-0.4, -0.2) is 51.9 Å². The van der Waals surface area contributed by atoms with Crippen LogP contribution in [0.3, 0.4) is 0 Å². The predicted octanol–water partition coefficient (Wildman–Crippen LogP) is 3.45. The molecule has 174 valence electrons. The maximum Gasteiger partial charge on any atom is 0.309 e. The number of carboxylic acids is 1. The third-order valence-electron chi connectivity index (χ3n) is 7.81. The number of nitrogens with zero attached hydrogens (tertiary/aromatic N) is 3. The molecule has 2 aliphatic carbocycles. The van der Waals surface area contributed by atoms with Gasteiger partial charge in [-0.25, -0.2) is 12.8 Å². The summed E-state index contributed by atoms with van der Waals surface area (Å²) in [5, 5.41) is 14.2. The summed E-state index contributed by atoms with van der Waals surface area (Å²) in [6, 6.07) is 4.05. The van der Waals surface area contributed by atoms with Crippen LogP contribution < -0.4 is 0 Å². The number of halogens is 1. The van der Waals surface area contributed by atoms with E-state index in [0.29, 0.717) is 47.9 Å². The molecule has 1 aliphatic heterocycles. The molecule has 3 unspecified atom stereocenters. The van der Waals surface area contributed by atoms with Crippen LogP contribution in [0.25, 0.3) is 10.9 Å². The van der Waals surface area contributed by atoms with Crippen molar-refractivity contribution in [2.75, 3.05) is 13.1 Å². The maximum atomic E-state index is 14.1. The molecular weight excluding hydrogens is 433 g/mol. The number of sulfonamides is 1. The Labute approximate surface area is 187 Å². The molecule has 4 atom stereocenters. The van der Waals surface area contributed by atoms with E-state index in [1.165, 1.54) is 12.1 Å². The number of hydrogen-bond acceptors (Lipinski definition) is 4. The lowest BCUT2D eigenvalue weighted by molar-refractivity contribution is -0.136. The summed E-state index contributed by atoms with van der Waals surface area (Å²) in [5.74, 6) is -0.355. The second kappa shape index (κ2) is 7.80. The van der Waals surface area contributed by atoms with Crippen molar-refractivity contribution in [1.82, 2.24) is 14.1 Å². The minimum absolute atomic E-state index is 0.0961. The molecule has 1 N–H and O–H groups in total. The van der Waals surface area contributed by atoms with Crippen LogP contribution in [0.5, 0.6) is 0 Å². The highest BCUT2D eigenvalue weighted by molar-refractivity contribution is 7.90. The predicted molar refractivity (Wildman–Crippen MR) is 118 cm³/mol. The molecular formula is C23H30FN3O4S. The average Bonchev–Trinajstić information content (AvgIpc) is 3.29. The van der Waals surface area contributed by atoms with E-state index in [2.05, 4.69) is 18.9 Å². The Kier molecular flexibility index (Phi) is 5.32. The van der Waals surface area contributed by atoms with Gasteiger partial charge >= 0.3 is 5.97 Å². The fraction of sp³-hybridized carbons (Fsp3) is 0.652. The van der Waals surface area contributed by atoms with Crippen LogP contribution in [-0.2, 0) is 21.2 Å². The van der Waals surface area contributed by atoms with E-state index in [1.54, 1.807) is 15.1 Å². The van der Waals surface area contributed by atoms with Crippen molar-refractivity contribution in [3.8, 4) is 0 Å². The zero-order valence-corrected chi connectivity index (χ0v) is 19.3. The van der Waals surface area contributed by atoms with Gasteiger partial charge in [-0.3, -0.25) is 9.48 Å². The summed E-state index contributed by atoms with van der Waals surface area (Å²) in [6.07, 6.45) is 3.72. The largest absolute Gasteiger partial charge is 0.481 e. The minimum atomic E-state index is -3.40. The van der Waals surface area contributed by atoms with Crippen LogP contribution >= 0.6 is 0 Å². The zero-order valence-electron chi connectivity index (χ0n) is 18.4. The number of fused-ring (bicyclic) bond motifs is 1. The lowest BCUT2D eigenvalue weighted by Gasteiger charge is -2.34. The molecule has 1 aromatic carbocycles. The number of benzene rings is 1. The van der Waals surface area contributed by atoms with Crippen molar-refractivity contribution >= 4 is 26.9 Å². The summed E-state index contributed by atoms with van der Waals surface area (Å²) >= 11 is 0. The first kappa shape index (κ1) is 21.8. The van der Waals surface area contributed by atoms with Gasteiger partial charge in [-0.1, -0.05) is 33.1 Å². The molecule has 3 aliphatic rings. The topological polar surface area (TPSA) is 92.5 Å². The second-order valence-electron chi connectivity index (χ2n) is 10.1. The van der Waals surface area contributed by atoms with E-state index in [-0.39, 0.29) is 29.5 Å². The van der Waals surface area contributed by atoms with Gasteiger partial charge in [0.2, 0.25) is 10.0 Å². The lowest BCUT2D eigenvalue weighted by atomic mass is 9.74. The zero-order chi connectivity index (χ0) is 22.8. The fourth-order valence-electron chi connectivity index (χ4n) is 5.70. The molecule has 0 bridgehead atoms. The van der Waals surface area contributed by atoms with Crippen LogP contribution in [0.15, 0.2) is 18.2 Å². The number of aliphatic carboxylic acids is 1. The minimum Gasteiger partial charge on any atom is -0.481 e. The van der Waals surface area contributed by atoms with Crippen molar-refractivity contribution in [2.24, 2.45) is 23.7 Å². The smallest absolute Gasteiger partial charge is 0.309 e. The van der Waals surface area contributed by atoms with E-state index in [1.807, 2.05) is 0 Å². The quantitative estimate of drug-likeness (QED) is 0.679. The molecule has 0 amide bonds. The number of hydrogen-bond donors (Lipinski definition) is 1.